The lowest BCUT2D eigenvalue weighted by molar-refractivity contribution is -0.117. The van der Waals surface area contributed by atoms with Crippen LogP contribution in [0.15, 0.2) is 36.4 Å². The fourth-order valence-corrected chi connectivity index (χ4v) is 3.27. The van der Waals surface area contributed by atoms with E-state index in [1.165, 1.54) is 16.8 Å². The molecule has 0 saturated heterocycles. The Labute approximate surface area is 165 Å². The first-order valence-corrected chi connectivity index (χ1v) is 8.61. The molecule has 1 aliphatic rings. The lowest BCUT2D eigenvalue weighted by Gasteiger charge is -2.19. The average molecular weight is 396 g/mol. The number of hydrogen-bond acceptors (Lipinski definition) is 4. The Balaban J connectivity index is 0.00000243. The Morgan fingerprint density at radius 2 is 2.15 bits per heavy atom. The molecule has 0 fully saturated rings. The van der Waals surface area contributed by atoms with Crippen molar-refractivity contribution in [3.63, 3.8) is 0 Å². The van der Waals surface area contributed by atoms with Crippen molar-refractivity contribution in [2.45, 2.75) is 13.0 Å². The number of hydrogen-bond donors (Lipinski definition) is 2. The van der Waals surface area contributed by atoms with Gasteiger partial charge in [-0.05, 0) is 42.8 Å². The van der Waals surface area contributed by atoms with Crippen molar-refractivity contribution < 1.29 is 9.53 Å². The second-order valence-corrected chi connectivity index (χ2v) is 6.63. The van der Waals surface area contributed by atoms with Crippen molar-refractivity contribution in [3.8, 4) is 5.75 Å². The predicted octanol–water partition coefficient (Wildman–Crippen LogP) is 3.81. The predicted molar refractivity (Wildman–Crippen MR) is 109 cm³/mol. The number of nitrogens with zero attached hydrogens (tertiary/aromatic N) is 1. The highest BCUT2D eigenvalue weighted by Gasteiger charge is 2.16. The number of para-hydroxylation sites is 1. The number of likely N-dealkylation sites (N-methyl/N-ethyl adjacent to an activating group) is 1. The van der Waals surface area contributed by atoms with E-state index < -0.39 is 0 Å². The van der Waals surface area contributed by atoms with Crippen LogP contribution in [-0.4, -0.2) is 38.1 Å². The van der Waals surface area contributed by atoms with Crippen molar-refractivity contribution in [2.75, 3.05) is 37.9 Å². The topological polar surface area (TPSA) is 53.6 Å². The summed E-state index contributed by atoms with van der Waals surface area (Å²) in [4.78, 5) is 14.3. The number of carbonyl (C=O) groups is 1. The summed E-state index contributed by atoms with van der Waals surface area (Å²) in [6.07, 6.45) is 1.06. The third-order valence-corrected chi connectivity index (χ3v) is 4.46. The molecule has 26 heavy (non-hydrogen) atoms. The van der Waals surface area contributed by atoms with Crippen molar-refractivity contribution in [1.29, 1.82) is 0 Å². The molecular formula is C19H23Cl2N3O2. The van der Waals surface area contributed by atoms with E-state index in [0.717, 1.165) is 13.0 Å². The fourth-order valence-electron chi connectivity index (χ4n) is 3.10. The number of rotatable bonds is 6. The first kappa shape index (κ1) is 20.4. The molecule has 7 heteroatoms. The summed E-state index contributed by atoms with van der Waals surface area (Å²) in [6.45, 7) is 1.96. The van der Waals surface area contributed by atoms with Crippen LogP contribution in [0.2, 0.25) is 5.02 Å². The van der Waals surface area contributed by atoms with Gasteiger partial charge in [0.1, 0.15) is 5.75 Å². The lowest BCUT2D eigenvalue weighted by Crippen LogP contribution is -2.30. The number of carbonyl (C=O) groups excluding carboxylic acids is 1. The third-order valence-electron chi connectivity index (χ3n) is 4.22. The van der Waals surface area contributed by atoms with Crippen LogP contribution < -0.4 is 15.4 Å². The average Bonchev–Trinajstić information content (AvgIpc) is 3.04. The zero-order valence-electron chi connectivity index (χ0n) is 14.8. The highest BCUT2D eigenvalue weighted by molar-refractivity contribution is 6.31. The van der Waals surface area contributed by atoms with Crippen molar-refractivity contribution in [2.24, 2.45) is 0 Å². The van der Waals surface area contributed by atoms with Crippen LogP contribution in [0.5, 0.6) is 5.75 Å². The van der Waals surface area contributed by atoms with Crippen molar-refractivity contribution >= 4 is 41.3 Å². The molecule has 2 aromatic carbocycles. The smallest absolute Gasteiger partial charge is 0.238 e. The normalized spacial score (nSPS) is 12.2. The molecule has 3 rings (SSSR count). The Morgan fingerprint density at radius 1 is 1.35 bits per heavy atom. The van der Waals surface area contributed by atoms with E-state index in [9.17, 15) is 4.79 Å². The minimum absolute atomic E-state index is 0. The van der Waals surface area contributed by atoms with Crippen molar-refractivity contribution in [1.82, 2.24) is 4.90 Å². The van der Waals surface area contributed by atoms with Gasteiger partial charge in [0.05, 0.1) is 19.3 Å². The lowest BCUT2D eigenvalue weighted by atomic mass is 10.1. The molecule has 0 radical (unpaired) electrons. The van der Waals surface area contributed by atoms with Gasteiger partial charge in [-0.1, -0.05) is 29.8 Å². The summed E-state index contributed by atoms with van der Waals surface area (Å²) in [6, 6.07) is 11.5. The van der Waals surface area contributed by atoms with Crippen LogP contribution >= 0.6 is 24.0 Å². The van der Waals surface area contributed by atoms with E-state index >= 15 is 0 Å². The maximum absolute atomic E-state index is 12.4. The first-order chi connectivity index (χ1) is 12.1. The number of halogens is 2. The molecule has 0 atom stereocenters. The number of anilines is 2. The second-order valence-electron chi connectivity index (χ2n) is 6.19. The quantitative estimate of drug-likeness (QED) is 0.780. The van der Waals surface area contributed by atoms with Crippen molar-refractivity contribution in [3.05, 3.63) is 52.5 Å². The minimum atomic E-state index is -0.108. The highest BCUT2D eigenvalue weighted by Crippen LogP contribution is 2.28. The van der Waals surface area contributed by atoms with Gasteiger partial charge in [-0.15, -0.1) is 12.4 Å². The maximum atomic E-state index is 12.4. The van der Waals surface area contributed by atoms with Gasteiger partial charge in [0.25, 0.3) is 0 Å². The zero-order valence-corrected chi connectivity index (χ0v) is 16.4. The maximum Gasteiger partial charge on any atom is 0.238 e. The molecule has 1 aliphatic heterocycles. The molecule has 1 heterocycles. The number of fused-ring (bicyclic) bond motifs is 1. The molecule has 0 spiro atoms. The second kappa shape index (κ2) is 9.12. The molecular weight excluding hydrogens is 373 g/mol. The molecule has 0 aliphatic carbocycles. The summed E-state index contributed by atoms with van der Waals surface area (Å²) in [5.74, 6) is 0.481. The Hall–Kier alpha value is -1.95. The number of amides is 1. The van der Waals surface area contributed by atoms with E-state index in [1.807, 2.05) is 11.9 Å². The van der Waals surface area contributed by atoms with Gasteiger partial charge in [0.15, 0.2) is 0 Å². The largest absolute Gasteiger partial charge is 0.495 e. The molecule has 140 valence electrons. The van der Waals surface area contributed by atoms with Gasteiger partial charge < -0.3 is 15.4 Å². The van der Waals surface area contributed by atoms with E-state index in [-0.39, 0.29) is 24.9 Å². The molecule has 5 nitrogen and oxygen atoms in total. The first-order valence-electron chi connectivity index (χ1n) is 8.23. The third kappa shape index (κ3) is 4.81. The van der Waals surface area contributed by atoms with Crippen LogP contribution in [0.3, 0.4) is 0 Å². The number of methoxy groups -OCH3 is 1. The number of nitrogens with one attached hydrogen (secondary N) is 2. The summed E-state index contributed by atoms with van der Waals surface area (Å²) in [5.41, 5.74) is 4.35. The van der Waals surface area contributed by atoms with Gasteiger partial charge in [-0.25, -0.2) is 0 Å². The number of benzene rings is 2. The Kier molecular flexibility index (Phi) is 7.14. The summed E-state index contributed by atoms with van der Waals surface area (Å²) < 4.78 is 5.26. The standard InChI is InChI=1S/C19H22ClN3O2.ClH/c1-23(11-14-5-3-4-13-8-9-21-19(13)14)12-18(24)22-16-10-15(20)6-7-17(16)25-2;/h3-7,10,21H,8-9,11-12H2,1-2H3,(H,22,24);1H. The number of ether oxygens (including phenoxy) is 1. The fraction of sp³-hybridized carbons (Fsp3) is 0.316. The monoisotopic (exact) mass is 395 g/mol. The van der Waals surface area contributed by atoms with Gasteiger partial charge in [0.2, 0.25) is 5.91 Å². The van der Waals surface area contributed by atoms with E-state index in [0.29, 0.717) is 23.0 Å². The SMILES string of the molecule is COc1ccc(Cl)cc1NC(=O)CN(C)Cc1cccc2c1NCC2.Cl. The van der Waals surface area contributed by atoms with Crippen LogP contribution in [0, 0.1) is 0 Å². The Morgan fingerprint density at radius 3 is 2.92 bits per heavy atom. The minimum Gasteiger partial charge on any atom is -0.495 e. The molecule has 1 amide bonds. The summed E-state index contributed by atoms with van der Waals surface area (Å²) >= 11 is 6.00. The van der Waals surface area contributed by atoms with Gasteiger partial charge >= 0.3 is 0 Å². The molecule has 2 N–H and O–H groups in total. The summed E-state index contributed by atoms with van der Waals surface area (Å²) in [5, 5.41) is 6.85. The van der Waals surface area contributed by atoms with Gasteiger partial charge in [-0.3, -0.25) is 9.69 Å². The van der Waals surface area contributed by atoms with Crippen LogP contribution in [0.4, 0.5) is 11.4 Å². The summed E-state index contributed by atoms with van der Waals surface area (Å²) in [7, 11) is 3.50. The van der Waals surface area contributed by atoms with Gasteiger partial charge in [-0.2, -0.15) is 0 Å². The molecule has 0 saturated carbocycles. The van der Waals surface area contributed by atoms with E-state index in [2.05, 4.69) is 28.8 Å². The van der Waals surface area contributed by atoms with E-state index in [4.69, 9.17) is 16.3 Å². The van der Waals surface area contributed by atoms with Crippen LogP contribution in [0.1, 0.15) is 11.1 Å². The zero-order chi connectivity index (χ0) is 17.8. The van der Waals surface area contributed by atoms with Crippen LogP contribution in [-0.2, 0) is 17.8 Å². The van der Waals surface area contributed by atoms with Gasteiger partial charge in [0, 0.05) is 23.8 Å². The molecule has 0 aromatic heterocycles. The highest BCUT2D eigenvalue weighted by atomic mass is 35.5. The Bertz CT molecular complexity index is 783. The molecule has 2 aromatic rings. The molecule has 0 unspecified atom stereocenters. The molecule has 0 bridgehead atoms. The van der Waals surface area contributed by atoms with E-state index in [1.54, 1.807) is 25.3 Å². The van der Waals surface area contributed by atoms with Crippen LogP contribution in [0.25, 0.3) is 0 Å².